The highest BCUT2D eigenvalue weighted by atomic mass is 16.5. The number of hydrogen-bond acceptors (Lipinski definition) is 3. The number of aryl methyl sites for hydroxylation is 1. The van der Waals surface area contributed by atoms with Gasteiger partial charge in [0.15, 0.2) is 5.78 Å². The van der Waals surface area contributed by atoms with Crippen molar-refractivity contribution in [3.63, 3.8) is 0 Å². The summed E-state index contributed by atoms with van der Waals surface area (Å²) >= 11 is 0. The summed E-state index contributed by atoms with van der Waals surface area (Å²) in [6, 6.07) is 8.55. The van der Waals surface area contributed by atoms with Crippen molar-refractivity contribution in [1.29, 1.82) is 0 Å². The van der Waals surface area contributed by atoms with Gasteiger partial charge in [-0.15, -0.1) is 0 Å². The Balaban J connectivity index is 1.56. The quantitative estimate of drug-likeness (QED) is 0.748. The number of aromatic amines is 1. The van der Waals surface area contributed by atoms with Gasteiger partial charge >= 0.3 is 5.97 Å². The number of fused-ring (bicyclic) bond motifs is 1. The van der Waals surface area contributed by atoms with E-state index in [1.807, 2.05) is 6.92 Å². The molecular formula is C24H29NO3. The number of esters is 1. The monoisotopic (exact) mass is 379 g/mol. The predicted molar refractivity (Wildman–Crippen MR) is 109 cm³/mol. The van der Waals surface area contributed by atoms with Crippen molar-refractivity contribution in [3.8, 4) is 0 Å². The fourth-order valence-electron chi connectivity index (χ4n) is 4.78. The van der Waals surface area contributed by atoms with Crippen LogP contribution in [0.2, 0.25) is 0 Å². The molecule has 1 aromatic heterocycles. The van der Waals surface area contributed by atoms with E-state index in [4.69, 9.17) is 4.74 Å². The summed E-state index contributed by atoms with van der Waals surface area (Å²) in [7, 11) is 0. The lowest BCUT2D eigenvalue weighted by Gasteiger charge is -2.22. The minimum atomic E-state index is -0.317. The van der Waals surface area contributed by atoms with Gasteiger partial charge in [0.25, 0.3) is 0 Å². The molecule has 3 atom stereocenters. The van der Waals surface area contributed by atoms with E-state index in [-0.39, 0.29) is 23.8 Å². The highest BCUT2D eigenvalue weighted by molar-refractivity contribution is 6.03. The molecule has 0 bridgehead atoms. The number of aromatic nitrogens is 1. The maximum Gasteiger partial charge on any atom is 0.355 e. The van der Waals surface area contributed by atoms with E-state index < -0.39 is 0 Å². The first kappa shape index (κ1) is 19.0. The molecule has 1 heterocycles. The number of carbonyl (C=O) groups is 2. The fourth-order valence-corrected chi connectivity index (χ4v) is 4.78. The van der Waals surface area contributed by atoms with E-state index in [0.717, 1.165) is 43.4 Å². The second-order valence-corrected chi connectivity index (χ2v) is 8.45. The Morgan fingerprint density at radius 1 is 1.18 bits per heavy atom. The zero-order valence-electron chi connectivity index (χ0n) is 17.0. The largest absolute Gasteiger partial charge is 0.457 e. The van der Waals surface area contributed by atoms with Crippen LogP contribution in [-0.2, 0) is 17.6 Å². The van der Waals surface area contributed by atoms with Gasteiger partial charge in [-0.05, 0) is 67.6 Å². The lowest BCUT2D eigenvalue weighted by molar-refractivity contribution is 0.0219. The standard InChI is InChI=1S/C24H29NO3/c1-4-16-8-10-17(11-9-16)18-12-19-22(20(26)13-18)15(3)23(25-19)24(27)28-21-7-5-6-14(21)2/h8-11,14,18,21,25H,4-7,12-13H2,1-3H3/t14-,18+,21+/m0/s1. The van der Waals surface area contributed by atoms with Crippen LogP contribution in [0.1, 0.15) is 88.7 Å². The smallest absolute Gasteiger partial charge is 0.355 e. The summed E-state index contributed by atoms with van der Waals surface area (Å²) in [6.45, 7) is 6.13. The predicted octanol–water partition coefficient (Wildman–Crippen LogP) is 5.14. The lowest BCUT2D eigenvalue weighted by atomic mass is 9.81. The maximum absolute atomic E-state index is 12.9. The van der Waals surface area contributed by atoms with E-state index in [1.54, 1.807) is 0 Å². The van der Waals surface area contributed by atoms with Gasteiger partial charge in [-0.2, -0.15) is 0 Å². The van der Waals surface area contributed by atoms with Gasteiger partial charge in [-0.3, -0.25) is 4.79 Å². The summed E-state index contributed by atoms with van der Waals surface area (Å²) in [5.74, 6) is 0.365. The number of H-pyrrole nitrogens is 1. The molecule has 4 rings (SSSR count). The average Bonchev–Trinajstić information content (AvgIpc) is 3.25. The highest BCUT2D eigenvalue weighted by Crippen LogP contribution is 2.36. The van der Waals surface area contributed by atoms with Gasteiger partial charge < -0.3 is 9.72 Å². The summed E-state index contributed by atoms with van der Waals surface area (Å²) in [4.78, 5) is 28.9. The number of ether oxygens (including phenoxy) is 1. The Morgan fingerprint density at radius 3 is 2.57 bits per heavy atom. The van der Waals surface area contributed by atoms with Crippen molar-refractivity contribution in [1.82, 2.24) is 4.98 Å². The van der Waals surface area contributed by atoms with E-state index >= 15 is 0 Å². The van der Waals surface area contributed by atoms with Crippen LogP contribution in [0.4, 0.5) is 0 Å². The molecule has 0 aliphatic heterocycles. The van der Waals surface area contributed by atoms with E-state index in [1.165, 1.54) is 11.1 Å². The molecule has 1 aromatic carbocycles. The molecule has 1 fully saturated rings. The molecule has 148 valence electrons. The van der Waals surface area contributed by atoms with E-state index in [0.29, 0.717) is 23.6 Å². The number of ketones is 1. The van der Waals surface area contributed by atoms with E-state index in [2.05, 4.69) is 43.1 Å². The van der Waals surface area contributed by atoms with Crippen LogP contribution in [0.3, 0.4) is 0 Å². The molecule has 0 spiro atoms. The first-order valence-electron chi connectivity index (χ1n) is 10.5. The van der Waals surface area contributed by atoms with Crippen LogP contribution in [0.5, 0.6) is 0 Å². The first-order chi connectivity index (χ1) is 13.5. The van der Waals surface area contributed by atoms with Gasteiger partial charge in [0.2, 0.25) is 0 Å². The molecule has 4 heteroatoms. The Kier molecular flexibility index (Phi) is 5.13. The molecule has 0 saturated heterocycles. The summed E-state index contributed by atoms with van der Waals surface area (Å²) in [5.41, 5.74) is 5.27. The number of carbonyl (C=O) groups excluding carboxylic acids is 2. The molecule has 4 nitrogen and oxygen atoms in total. The first-order valence-corrected chi connectivity index (χ1v) is 10.5. The molecule has 2 aliphatic rings. The fraction of sp³-hybridized carbons (Fsp3) is 0.500. The SMILES string of the molecule is CCc1ccc([C@H]2CC(=O)c3c([nH]c(C(=O)O[C@@H]4CCC[C@@H]4C)c3C)C2)cc1. The Hall–Kier alpha value is -2.36. The molecule has 2 aliphatic carbocycles. The van der Waals surface area contributed by atoms with Crippen LogP contribution >= 0.6 is 0 Å². The maximum atomic E-state index is 12.9. The lowest BCUT2D eigenvalue weighted by Crippen LogP contribution is -2.21. The van der Waals surface area contributed by atoms with Crippen molar-refractivity contribution in [2.45, 2.75) is 71.3 Å². The Bertz CT molecular complexity index is 893. The summed E-state index contributed by atoms with van der Waals surface area (Å²) in [6.07, 6.45) is 5.39. The van der Waals surface area contributed by atoms with Crippen LogP contribution in [0, 0.1) is 12.8 Å². The molecule has 1 N–H and O–H groups in total. The van der Waals surface area contributed by atoms with Gasteiger partial charge in [0.1, 0.15) is 11.8 Å². The number of rotatable bonds is 4. The van der Waals surface area contributed by atoms with Crippen molar-refractivity contribution in [2.75, 3.05) is 0 Å². The zero-order valence-corrected chi connectivity index (χ0v) is 17.0. The van der Waals surface area contributed by atoms with Gasteiger partial charge in [0.05, 0.1) is 0 Å². The summed E-state index contributed by atoms with van der Waals surface area (Å²) in [5, 5.41) is 0. The van der Waals surface area contributed by atoms with Crippen LogP contribution in [-0.4, -0.2) is 22.8 Å². The normalized spacial score (nSPS) is 24.2. The third kappa shape index (κ3) is 3.41. The zero-order chi connectivity index (χ0) is 19.8. The number of benzene rings is 1. The van der Waals surface area contributed by atoms with Gasteiger partial charge in [0, 0.05) is 17.7 Å². The number of hydrogen-bond donors (Lipinski definition) is 1. The molecule has 0 radical (unpaired) electrons. The number of Topliss-reactive ketones (excluding diaryl/α,β-unsaturated/α-hetero) is 1. The second-order valence-electron chi connectivity index (χ2n) is 8.45. The van der Waals surface area contributed by atoms with Crippen molar-refractivity contribution in [3.05, 3.63) is 57.9 Å². The van der Waals surface area contributed by atoms with Crippen molar-refractivity contribution >= 4 is 11.8 Å². The summed E-state index contributed by atoms with van der Waals surface area (Å²) < 4.78 is 5.76. The molecule has 28 heavy (non-hydrogen) atoms. The Labute approximate surface area is 166 Å². The Morgan fingerprint density at radius 2 is 1.93 bits per heavy atom. The van der Waals surface area contributed by atoms with Crippen molar-refractivity contribution < 1.29 is 14.3 Å². The molecule has 1 saturated carbocycles. The van der Waals surface area contributed by atoms with Gasteiger partial charge in [-0.25, -0.2) is 4.79 Å². The highest BCUT2D eigenvalue weighted by Gasteiger charge is 2.34. The number of nitrogens with one attached hydrogen (secondary N) is 1. The minimum Gasteiger partial charge on any atom is -0.457 e. The van der Waals surface area contributed by atoms with Crippen molar-refractivity contribution in [2.24, 2.45) is 5.92 Å². The molecular weight excluding hydrogens is 350 g/mol. The topological polar surface area (TPSA) is 59.2 Å². The molecule has 0 unspecified atom stereocenters. The van der Waals surface area contributed by atoms with Gasteiger partial charge in [-0.1, -0.05) is 38.1 Å². The van der Waals surface area contributed by atoms with Crippen LogP contribution < -0.4 is 0 Å². The van der Waals surface area contributed by atoms with Crippen LogP contribution in [0.25, 0.3) is 0 Å². The third-order valence-electron chi connectivity index (χ3n) is 6.59. The third-order valence-corrected chi connectivity index (χ3v) is 6.59. The second kappa shape index (κ2) is 7.57. The van der Waals surface area contributed by atoms with Crippen LogP contribution in [0.15, 0.2) is 24.3 Å². The average molecular weight is 380 g/mol. The molecule has 0 amide bonds. The molecule has 2 aromatic rings. The minimum absolute atomic E-state index is 0.00671. The van der Waals surface area contributed by atoms with E-state index in [9.17, 15) is 9.59 Å².